The molecule has 0 saturated carbocycles. The van der Waals surface area contributed by atoms with Crippen LogP contribution in [0.5, 0.6) is 0 Å². The third-order valence-corrected chi connectivity index (χ3v) is 6.86. The van der Waals surface area contributed by atoms with E-state index in [1.54, 1.807) is 24.3 Å². The molecule has 1 aliphatic heterocycles. The van der Waals surface area contributed by atoms with Crippen molar-refractivity contribution in [3.05, 3.63) is 60.2 Å². The summed E-state index contributed by atoms with van der Waals surface area (Å²) < 4.78 is 33.0. The van der Waals surface area contributed by atoms with E-state index >= 15 is 0 Å². The first kappa shape index (κ1) is 18.8. The number of carbonyl (C=O) groups is 1. The van der Waals surface area contributed by atoms with Crippen LogP contribution < -0.4 is 0 Å². The van der Waals surface area contributed by atoms with Crippen molar-refractivity contribution in [1.29, 1.82) is 0 Å². The summed E-state index contributed by atoms with van der Waals surface area (Å²) in [7, 11) is -3.66. The maximum atomic E-state index is 13.2. The van der Waals surface area contributed by atoms with E-state index in [4.69, 9.17) is 4.42 Å². The zero-order chi connectivity index (χ0) is 19.7. The number of piperazine rings is 1. The number of aryl methyl sites for hydroxylation is 1. The average Bonchev–Trinajstić information content (AvgIpc) is 3.23. The summed E-state index contributed by atoms with van der Waals surface area (Å²) in [5.41, 5.74) is 1.27. The minimum Gasteiger partial charge on any atom is -0.461 e. The summed E-state index contributed by atoms with van der Waals surface area (Å²) in [6, 6.07) is 12.3. The van der Waals surface area contributed by atoms with Gasteiger partial charge in [-0.1, -0.05) is 18.2 Å². The van der Waals surface area contributed by atoms with Gasteiger partial charge in [0.05, 0.1) is 18.3 Å². The van der Waals surface area contributed by atoms with Crippen LogP contribution in [0.15, 0.2) is 58.0 Å². The first-order chi connectivity index (χ1) is 13.4. The molecule has 8 heteroatoms. The Balaban J connectivity index is 1.50. The molecule has 0 aliphatic carbocycles. The number of nitrogens with zero attached hydrogens (tertiary/aromatic N) is 3. The van der Waals surface area contributed by atoms with E-state index in [-0.39, 0.29) is 17.2 Å². The van der Waals surface area contributed by atoms with E-state index in [1.807, 2.05) is 30.0 Å². The summed E-state index contributed by atoms with van der Waals surface area (Å²) in [6.45, 7) is 3.70. The molecule has 0 atom stereocenters. The monoisotopic (exact) mass is 399 g/mol. The van der Waals surface area contributed by atoms with Crippen molar-refractivity contribution in [3.8, 4) is 0 Å². The number of ketones is 1. The minimum atomic E-state index is -3.66. The lowest BCUT2D eigenvalue weighted by molar-refractivity contribution is 0.0874. The Labute approximate surface area is 163 Å². The standard InChI is InChI=1S/C20H21N3O4S/c1-15-7-8-16-4-2-6-19(20(16)21-15)28(25,26)23-11-9-22(10-12-23)14-17(24)18-5-3-13-27-18/h2-8,13H,9-12,14H2,1H3. The van der Waals surface area contributed by atoms with Gasteiger partial charge < -0.3 is 4.42 Å². The van der Waals surface area contributed by atoms with Crippen LogP contribution in [0.4, 0.5) is 0 Å². The molecular weight excluding hydrogens is 378 g/mol. The number of pyridine rings is 1. The Morgan fingerprint density at radius 2 is 1.86 bits per heavy atom. The molecule has 1 aromatic carbocycles. The van der Waals surface area contributed by atoms with Crippen molar-refractivity contribution in [2.45, 2.75) is 11.8 Å². The number of hydrogen-bond acceptors (Lipinski definition) is 6. The van der Waals surface area contributed by atoms with E-state index in [9.17, 15) is 13.2 Å². The zero-order valence-electron chi connectivity index (χ0n) is 15.5. The van der Waals surface area contributed by atoms with Gasteiger partial charge in [-0.3, -0.25) is 14.7 Å². The third-order valence-electron chi connectivity index (χ3n) is 4.93. The van der Waals surface area contributed by atoms with Crippen LogP contribution >= 0.6 is 0 Å². The van der Waals surface area contributed by atoms with Gasteiger partial charge in [-0.05, 0) is 31.2 Å². The fraction of sp³-hybridized carbons (Fsp3) is 0.300. The SMILES string of the molecule is Cc1ccc2cccc(S(=O)(=O)N3CCN(CC(=O)c4ccco4)CC3)c2n1. The molecule has 0 radical (unpaired) electrons. The Bertz CT molecular complexity index is 1100. The second kappa shape index (κ2) is 7.46. The number of benzene rings is 1. The number of furan rings is 1. The van der Waals surface area contributed by atoms with Crippen LogP contribution in [-0.2, 0) is 10.0 Å². The molecule has 7 nitrogen and oxygen atoms in total. The molecule has 0 bridgehead atoms. The van der Waals surface area contributed by atoms with E-state index < -0.39 is 10.0 Å². The smallest absolute Gasteiger partial charge is 0.245 e. The quantitative estimate of drug-likeness (QED) is 0.613. The summed E-state index contributed by atoms with van der Waals surface area (Å²) >= 11 is 0. The second-order valence-corrected chi connectivity index (χ2v) is 8.77. The van der Waals surface area contributed by atoms with Crippen molar-refractivity contribution in [3.63, 3.8) is 0 Å². The molecule has 0 unspecified atom stereocenters. The van der Waals surface area contributed by atoms with Crippen LogP contribution in [0, 0.1) is 6.92 Å². The summed E-state index contributed by atoms with van der Waals surface area (Å²) in [6.07, 6.45) is 1.47. The molecule has 2 aromatic heterocycles. The first-order valence-corrected chi connectivity index (χ1v) is 10.5. The summed E-state index contributed by atoms with van der Waals surface area (Å²) in [5.74, 6) is 0.224. The average molecular weight is 399 g/mol. The highest BCUT2D eigenvalue weighted by Gasteiger charge is 2.31. The van der Waals surface area contributed by atoms with E-state index in [1.165, 1.54) is 10.6 Å². The normalized spacial score (nSPS) is 16.5. The highest BCUT2D eigenvalue weighted by Crippen LogP contribution is 2.25. The number of aromatic nitrogens is 1. The third kappa shape index (κ3) is 3.58. The Morgan fingerprint density at radius 1 is 1.07 bits per heavy atom. The number of hydrogen-bond donors (Lipinski definition) is 0. The lowest BCUT2D eigenvalue weighted by Gasteiger charge is -2.33. The highest BCUT2D eigenvalue weighted by molar-refractivity contribution is 7.89. The number of sulfonamides is 1. The fourth-order valence-electron chi connectivity index (χ4n) is 3.41. The van der Waals surface area contributed by atoms with Gasteiger partial charge in [0.1, 0.15) is 4.90 Å². The summed E-state index contributed by atoms with van der Waals surface area (Å²) in [4.78, 5) is 18.8. The van der Waals surface area contributed by atoms with E-state index in [0.717, 1.165) is 11.1 Å². The number of rotatable bonds is 5. The van der Waals surface area contributed by atoms with Crippen LogP contribution in [0.25, 0.3) is 10.9 Å². The fourth-order valence-corrected chi connectivity index (χ4v) is 4.99. The molecular formula is C20H21N3O4S. The minimum absolute atomic E-state index is 0.102. The van der Waals surface area contributed by atoms with Crippen molar-refractivity contribution in [2.75, 3.05) is 32.7 Å². The summed E-state index contributed by atoms with van der Waals surface area (Å²) in [5, 5.41) is 0.800. The van der Waals surface area contributed by atoms with Gasteiger partial charge in [0.25, 0.3) is 0 Å². The molecule has 0 amide bonds. The van der Waals surface area contributed by atoms with Gasteiger partial charge in [0.2, 0.25) is 15.8 Å². The number of para-hydroxylation sites is 1. The molecule has 1 saturated heterocycles. The highest BCUT2D eigenvalue weighted by atomic mass is 32.2. The largest absolute Gasteiger partial charge is 0.461 e. The van der Waals surface area contributed by atoms with Gasteiger partial charge in [-0.2, -0.15) is 4.31 Å². The molecule has 28 heavy (non-hydrogen) atoms. The molecule has 3 aromatic rings. The Morgan fingerprint density at radius 3 is 2.57 bits per heavy atom. The van der Waals surface area contributed by atoms with Crippen molar-refractivity contribution < 1.29 is 17.6 Å². The first-order valence-electron chi connectivity index (χ1n) is 9.11. The van der Waals surface area contributed by atoms with Crippen LogP contribution in [0.1, 0.15) is 16.2 Å². The van der Waals surface area contributed by atoms with Gasteiger partial charge in [0.15, 0.2) is 5.76 Å². The molecule has 3 heterocycles. The maximum Gasteiger partial charge on any atom is 0.245 e. The van der Waals surface area contributed by atoms with Crippen LogP contribution in [0.2, 0.25) is 0 Å². The maximum absolute atomic E-state index is 13.2. The molecule has 146 valence electrons. The predicted octanol–water partition coefficient (Wildman–Crippen LogP) is 2.33. The topological polar surface area (TPSA) is 83.7 Å². The van der Waals surface area contributed by atoms with Gasteiger partial charge in [0, 0.05) is 37.3 Å². The van der Waals surface area contributed by atoms with Crippen molar-refractivity contribution in [2.24, 2.45) is 0 Å². The lowest BCUT2D eigenvalue weighted by atomic mass is 10.2. The van der Waals surface area contributed by atoms with Crippen molar-refractivity contribution in [1.82, 2.24) is 14.2 Å². The predicted molar refractivity (Wildman–Crippen MR) is 105 cm³/mol. The number of fused-ring (bicyclic) bond motifs is 1. The van der Waals surface area contributed by atoms with Gasteiger partial charge >= 0.3 is 0 Å². The van der Waals surface area contributed by atoms with Gasteiger partial charge in [-0.15, -0.1) is 0 Å². The molecule has 4 rings (SSSR count). The Kier molecular flexibility index (Phi) is 5.01. The number of Topliss-reactive ketones (excluding diaryl/α,β-unsaturated/α-hetero) is 1. The molecule has 1 aliphatic rings. The van der Waals surface area contributed by atoms with Crippen LogP contribution in [-0.4, -0.2) is 61.1 Å². The van der Waals surface area contributed by atoms with Gasteiger partial charge in [-0.25, -0.2) is 8.42 Å². The second-order valence-electron chi connectivity index (χ2n) is 6.86. The lowest BCUT2D eigenvalue weighted by Crippen LogP contribution is -2.49. The Hall–Kier alpha value is -2.55. The molecule has 0 N–H and O–H groups in total. The van der Waals surface area contributed by atoms with E-state index in [2.05, 4.69) is 4.98 Å². The van der Waals surface area contributed by atoms with Crippen molar-refractivity contribution >= 4 is 26.7 Å². The number of carbonyl (C=O) groups excluding carboxylic acids is 1. The zero-order valence-corrected chi connectivity index (χ0v) is 16.4. The van der Waals surface area contributed by atoms with Crippen LogP contribution in [0.3, 0.4) is 0 Å². The molecule has 0 spiro atoms. The molecule has 1 fully saturated rings. The van der Waals surface area contributed by atoms with E-state index in [0.29, 0.717) is 37.5 Å².